The van der Waals surface area contributed by atoms with E-state index in [9.17, 15) is 5.11 Å². The van der Waals surface area contributed by atoms with Crippen LogP contribution in [0.15, 0.2) is 42.5 Å². The molecule has 18 heavy (non-hydrogen) atoms. The Morgan fingerprint density at radius 3 is 2.61 bits per heavy atom. The zero-order valence-corrected chi connectivity index (χ0v) is 11.4. The van der Waals surface area contributed by atoms with E-state index in [0.717, 1.165) is 24.4 Å². The van der Waals surface area contributed by atoms with Gasteiger partial charge < -0.3 is 14.7 Å². The number of quaternary nitrogens is 1. The number of nitrogens with one attached hydrogen (secondary N) is 1. The second kappa shape index (κ2) is 7.90. The van der Waals surface area contributed by atoms with Crippen LogP contribution in [0, 0.1) is 0 Å². The lowest BCUT2D eigenvalue weighted by Gasteiger charge is -2.21. The van der Waals surface area contributed by atoms with Gasteiger partial charge in [-0.05, 0) is 31.6 Å². The van der Waals surface area contributed by atoms with Crippen molar-refractivity contribution in [2.45, 2.75) is 20.0 Å². The smallest absolute Gasteiger partial charge is 0.137 e. The monoisotopic (exact) mass is 250 g/mol. The van der Waals surface area contributed by atoms with Gasteiger partial charge in [-0.1, -0.05) is 24.8 Å². The number of rotatable bonds is 8. The number of para-hydroxylation sites is 1. The molecular formula is C15H24NO2+. The van der Waals surface area contributed by atoms with E-state index in [2.05, 4.69) is 13.5 Å². The second-order valence-corrected chi connectivity index (χ2v) is 4.72. The van der Waals surface area contributed by atoms with E-state index >= 15 is 0 Å². The Morgan fingerprint density at radius 1 is 1.39 bits per heavy atom. The third-order valence-corrected chi connectivity index (χ3v) is 2.76. The van der Waals surface area contributed by atoms with Gasteiger partial charge in [0.2, 0.25) is 0 Å². The van der Waals surface area contributed by atoms with Gasteiger partial charge in [-0.15, -0.1) is 0 Å². The highest BCUT2D eigenvalue weighted by atomic mass is 16.5. The Bertz CT molecular complexity index is 351. The van der Waals surface area contributed by atoms with Crippen LogP contribution < -0.4 is 9.64 Å². The van der Waals surface area contributed by atoms with Crippen LogP contribution in [0.2, 0.25) is 0 Å². The third kappa shape index (κ3) is 5.84. The number of aliphatic hydroxyl groups is 1. The number of aliphatic hydroxyl groups excluding tert-OH is 1. The molecule has 0 saturated heterocycles. The fourth-order valence-electron chi connectivity index (χ4n) is 1.87. The first-order valence-electron chi connectivity index (χ1n) is 6.45. The van der Waals surface area contributed by atoms with Crippen LogP contribution in [-0.2, 0) is 0 Å². The molecule has 0 radical (unpaired) electrons. The van der Waals surface area contributed by atoms with Crippen molar-refractivity contribution >= 4 is 0 Å². The van der Waals surface area contributed by atoms with Crippen molar-refractivity contribution in [2.24, 2.45) is 0 Å². The second-order valence-electron chi connectivity index (χ2n) is 4.72. The summed E-state index contributed by atoms with van der Waals surface area (Å²) in [6.45, 7) is 11.0. The number of ether oxygens (including phenoxy) is 1. The van der Waals surface area contributed by atoms with Crippen LogP contribution in [0.4, 0.5) is 0 Å². The van der Waals surface area contributed by atoms with Crippen LogP contribution in [0.1, 0.15) is 13.8 Å². The molecule has 0 heterocycles. The van der Waals surface area contributed by atoms with Gasteiger partial charge in [-0.2, -0.15) is 0 Å². The number of hydrogen-bond acceptors (Lipinski definition) is 2. The minimum Gasteiger partial charge on any atom is -0.491 e. The number of likely N-dealkylation sites (N-methyl/N-ethyl adjacent to an activating group) is 1. The van der Waals surface area contributed by atoms with Gasteiger partial charge in [-0.3, -0.25) is 0 Å². The third-order valence-electron chi connectivity index (χ3n) is 2.76. The highest BCUT2D eigenvalue weighted by molar-refractivity contribution is 5.20. The lowest BCUT2D eigenvalue weighted by molar-refractivity contribution is -0.896. The molecule has 0 aromatic heterocycles. The van der Waals surface area contributed by atoms with Crippen LogP contribution >= 0.6 is 0 Å². The van der Waals surface area contributed by atoms with Crippen molar-refractivity contribution in [3.63, 3.8) is 0 Å². The molecule has 0 aliphatic rings. The van der Waals surface area contributed by atoms with E-state index in [1.165, 1.54) is 4.90 Å². The number of hydrogen-bond donors (Lipinski definition) is 2. The first-order chi connectivity index (χ1) is 8.61. The van der Waals surface area contributed by atoms with Crippen molar-refractivity contribution < 1.29 is 14.7 Å². The molecular weight excluding hydrogens is 226 g/mol. The van der Waals surface area contributed by atoms with Crippen molar-refractivity contribution in [2.75, 3.05) is 26.2 Å². The van der Waals surface area contributed by atoms with Gasteiger partial charge in [0.25, 0.3) is 0 Å². The normalized spacial score (nSPS) is 13.9. The van der Waals surface area contributed by atoms with E-state index in [4.69, 9.17) is 4.74 Å². The molecule has 2 N–H and O–H groups in total. The molecule has 0 fully saturated rings. The Kier molecular flexibility index (Phi) is 6.47. The molecule has 0 bridgehead atoms. The first-order valence-corrected chi connectivity index (χ1v) is 6.45. The Balaban J connectivity index is 2.32. The predicted octanol–water partition coefficient (Wildman–Crippen LogP) is 0.907. The van der Waals surface area contributed by atoms with Crippen LogP contribution in [0.3, 0.4) is 0 Å². The molecule has 1 rings (SSSR count). The van der Waals surface area contributed by atoms with Crippen LogP contribution in [0.25, 0.3) is 0 Å². The van der Waals surface area contributed by atoms with Crippen molar-refractivity contribution in [1.29, 1.82) is 0 Å². The molecule has 0 spiro atoms. The zero-order chi connectivity index (χ0) is 13.4. The van der Waals surface area contributed by atoms with Gasteiger partial charge in [0, 0.05) is 0 Å². The van der Waals surface area contributed by atoms with E-state index in [-0.39, 0.29) is 0 Å². The summed E-state index contributed by atoms with van der Waals surface area (Å²) in [5.41, 5.74) is 1.14. The van der Waals surface area contributed by atoms with E-state index in [1.807, 2.05) is 37.3 Å². The minimum atomic E-state index is -0.445. The van der Waals surface area contributed by atoms with E-state index < -0.39 is 6.10 Å². The largest absolute Gasteiger partial charge is 0.491 e. The molecule has 0 aliphatic heterocycles. The Morgan fingerprint density at radius 2 is 2.06 bits per heavy atom. The molecule has 0 amide bonds. The minimum absolute atomic E-state index is 0.337. The molecule has 1 aromatic carbocycles. The average Bonchev–Trinajstić information content (AvgIpc) is 2.36. The molecule has 0 aliphatic carbocycles. The molecule has 1 aromatic rings. The summed E-state index contributed by atoms with van der Waals surface area (Å²) in [6.07, 6.45) is -0.445. The SMILES string of the molecule is C=C(C)C[NH+](CC)C[C@@H](O)COc1ccccc1. The lowest BCUT2D eigenvalue weighted by atomic mass is 10.2. The quantitative estimate of drug-likeness (QED) is 0.672. The van der Waals surface area contributed by atoms with Crippen molar-refractivity contribution in [3.8, 4) is 5.75 Å². The summed E-state index contributed by atoms with van der Waals surface area (Å²) < 4.78 is 5.53. The van der Waals surface area contributed by atoms with Crippen molar-refractivity contribution in [3.05, 3.63) is 42.5 Å². The van der Waals surface area contributed by atoms with E-state index in [1.54, 1.807) is 0 Å². The fraction of sp³-hybridized carbons (Fsp3) is 0.467. The average molecular weight is 250 g/mol. The summed E-state index contributed by atoms with van der Waals surface area (Å²) in [6, 6.07) is 9.58. The fourth-order valence-corrected chi connectivity index (χ4v) is 1.87. The van der Waals surface area contributed by atoms with Gasteiger partial charge in [-0.25, -0.2) is 0 Å². The topological polar surface area (TPSA) is 33.9 Å². The molecule has 3 nitrogen and oxygen atoms in total. The number of benzene rings is 1. The summed E-state index contributed by atoms with van der Waals surface area (Å²) in [7, 11) is 0. The van der Waals surface area contributed by atoms with Gasteiger partial charge in [0.05, 0.1) is 13.1 Å². The van der Waals surface area contributed by atoms with Crippen LogP contribution in [0.5, 0.6) is 5.75 Å². The molecule has 2 atom stereocenters. The van der Waals surface area contributed by atoms with E-state index in [0.29, 0.717) is 13.2 Å². The maximum atomic E-state index is 9.95. The van der Waals surface area contributed by atoms with Crippen LogP contribution in [-0.4, -0.2) is 37.5 Å². The molecule has 1 unspecified atom stereocenters. The van der Waals surface area contributed by atoms with Gasteiger partial charge >= 0.3 is 0 Å². The Hall–Kier alpha value is -1.32. The maximum absolute atomic E-state index is 9.95. The predicted molar refractivity (Wildman–Crippen MR) is 74.0 cm³/mol. The molecule has 3 heteroatoms. The lowest BCUT2D eigenvalue weighted by Crippen LogP contribution is -3.13. The standard InChI is InChI=1S/C15H23NO2/c1-4-16(10-13(2)3)11-14(17)12-18-15-8-6-5-7-9-15/h5-9,14,17H,2,4,10-12H2,1,3H3/p+1/t14-/m1/s1. The summed E-state index contributed by atoms with van der Waals surface area (Å²) in [4.78, 5) is 1.33. The summed E-state index contributed by atoms with van der Waals surface area (Å²) in [5, 5.41) is 9.95. The summed E-state index contributed by atoms with van der Waals surface area (Å²) in [5.74, 6) is 0.800. The molecule has 0 saturated carbocycles. The zero-order valence-electron chi connectivity index (χ0n) is 11.4. The first kappa shape index (κ1) is 14.7. The van der Waals surface area contributed by atoms with Crippen molar-refractivity contribution in [1.82, 2.24) is 0 Å². The Labute approximate surface area is 110 Å². The molecule has 100 valence electrons. The highest BCUT2D eigenvalue weighted by Crippen LogP contribution is 2.08. The van der Waals surface area contributed by atoms with Gasteiger partial charge in [0.1, 0.15) is 25.0 Å². The highest BCUT2D eigenvalue weighted by Gasteiger charge is 2.14. The maximum Gasteiger partial charge on any atom is 0.137 e. The summed E-state index contributed by atoms with van der Waals surface area (Å²) >= 11 is 0. The van der Waals surface area contributed by atoms with Gasteiger partial charge in [0.15, 0.2) is 0 Å².